The van der Waals surface area contributed by atoms with E-state index in [2.05, 4.69) is 5.32 Å². The molecule has 1 N–H and O–H groups in total. The maximum absolute atomic E-state index is 12.4. The Morgan fingerprint density at radius 1 is 1.13 bits per heavy atom. The molecule has 1 rings (SSSR count). The van der Waals surface area contributed by atoms with E-state index in [1.807, 2.05) is 58.0 Å². The van der Waals surface area contributed by atoms with Gasteiger partial charge in [-0.05, 0) is 38.7 Å². The minimum Gasteiger partial charge on any atom is -0.352 e. The number of hydrogen-bond acceptors (Lipinski definition) is 2. The van der Waals surface area contributed by atoms with E-state index in [4.69, 9.17) is 0 Å². The van der Waals surface area contributed by atoms with Crippen LogP contribution in [-0.4, -0.2) is 35.3 Å². The van der Waals surface area contributed by atoms with Crippen LogP contribution in [0.4, 0.5) is 0 Å². The smallest absolute Gasteiger partial charge is 0.242 e. The molecule has 0 unspecified atom stereocenters. The highest BCUT2D eigenvalue weighted by atomic mass is 16.2. The molecule has 1 aromatic rings. The fourth-order valence-corrected chi connectivity index (χ4v) is 2.39. The molecule has 0 radical (unpaired) electrons. The van der Waals surface area contributed by atoms with Crippen LogP contribution in [0.5, 0.6) is 0 Å². The number of nitrogens with zero attached hydrogens (tertiary/aromatic N) is 1. The van der Waals surface area contributed by atoms with Gasteiger partial charge < -0.3 is 10.2 Å². The zero-order chi connectivity index (χ0) is 17.2. The minimum atomic E-state index is -0.438. The Balaban J connectivity index is 2.74. The van der Waals surface area contributed by atoms with Crippen molar-refractivity contribution in [1.29, 1.82) is 0 Å². The number of hydrogen-bond donors (Lipinski definition) is 1. The molecule has 2 amide bonds. The lowest BCUT2D eigenvalue weighted by Crippen LogP contribution is -2.50. The number of carbonyl (C=O) groups excluding carboxylic acids is 2. The highest BCUT2D eigenvalue weighted by Gasteiger charge is 2.25. The van der Waals surface area contributed by atoms with Gasteiger partial charge in [0, 0.05) is 19.0 Å². The molecule has 0 saturated carbocycles. The minimum absolute atomic E-state index is 0.0511. The lowest BCUT2D eigenvalue weighted by atomic mass is 10.1. The molecule has 0 spiro atoms. The van der Waals surface area contributed by atoms with E-state index in [0.717, 1.165) is 19.3 Å². The molecule has 4 nitrogen and oxygen atoms in total. The molecule has 23 heavy (non-hydrogen) atoms. The maximum atomic E-state index is 12.4. The molecule has 2 atom stereocenters. The highest BCUT2D eigenvalue weighted by molar-refractivity contribution is 5.87. The second-order valence-electron chi connectivity index (χ2n) is 6.07. The number of rotatable bonds is 9. The van der Waals surface area contributed by atoms with Crippen LogP contribution in [0.25, 0.3) is 0 Å². The maximum Gasteiger partial charge on any atom is 0.242 e. The van der Waals surface area contributed by atoms with E-state index < -0.39 is 6.04 Å². The summed E-state index contributed by atoms with van der Waals surface area (Å²) in [4.78, 5) is 26.5. The molecule has 1 aromatic carbocycles. The first kappa shape index (κ1) is 19.2. The molecular weight excluding hydrogens is 288 g/mol. The number of nitrogens with one attached hydrogen (secondary N) is 1. The normalized spacial score (nSPS) is 13.2. The van der Waals surface area contributed by atoms with Crippen LogP contribution >= 0.6 is 0 Å². The van der Waals surface area contributed by atoms with Gasteiger partial charge in [-0.25, -0.2) is 0 Å². The van der Waals surface area contributed by atoms with Gasteiger partial charge in [0.15, 0.2) is 0 Å². The molecular formula is C19H30N2O2. The molecule has 4 heteroatoms. The lowest BCUT2D eigenvalue weighted by Gasteiger charge is -2.29. The van der Waals surface area contributed by atoms with Crippen molar-refractivity contribution in [3.05, 3.63) is 35.9 Å². The quantitative estimate of drug-likeness (QED) is 0.760. The van der Waals surface area contributed by atoms with Crippen LogP contribution in [0.2, 0.25) is 0 Å². The van der Waals surface area contributed by atoms with Crippen LogP contribution < -0.4 is 5.32 Å². The average molecular weight is 318 g/mol. The van der Waals surface area contributed by atoms with Gasteiger partial charge in [0.1, 0.15) is 6.04 Å². The standard InChI is InChI=1S/C19H30N2O2/c1-5-10-18(22)21(14-13-17-11-8-7-9-12-17)16(4)19(23)20-15(3)6-2/h7-9,11-12,15-16H,5-6,10,13-14H2,1-4H3,(H,20,23)/t15-,16+/m1/s1. The van der Waals surface area contributed by atoms with Crippen LogP contribution in [0.15, 0.2) is 30.3 Å². The van der Waals surface area contributed by atoms with E-state index in [1.165, 1.54) is 5.56 Å². The Hall–Kier alpha value is -1.84. The van der Waals surface area contributed by atoms with Gasteiger partial charge in [-0.2, -0.15) is 0 Å². The average Bonchev–Trinajstić information content (AvgIpc) is 2.55. The van der Waals surface area contributed by atoms with Crippen molar-refractivity contribution in [1.82, 2.24) is 10.2 Å². The Morgan fingerprint density at radius 2 is 1.78 bits per heavy atom. The second kappa shape index (κ2) is 10.0. The number of amides is 2. The largest absolute Gasteiger partial charge is 0.352 e. The van der Waals surface area contributed by atoms with Crippen LogP contribution in [0, 0.1) is 0 Å². The van der Waals surface area contributed by atoms with Crippen LogP contribution in [-0.2, 0) is 16.0 Å². The van der Waals surface area contributed by atoms with Crippen molar-refractivity contribution >= 4 is 11.8 Å². The third-order valence-electron chi connectivity index (χ3n) is 4.12. The van der Waals surface area contributed by atoms with Crippen molar-refractivity contribution in [2.24, 2.45) is 0 Å². The van der Waals surface area contributed by atoms with Gasteiger partial charge >= 0.3 is 0 Å². The summed E-state index contributed by atoms with van der Waals surface area (Å²) < 4.78 is 0. The number of benzene rings is 1. The summed E-state index contributed by atoms with van der Waals surface area (Å²) in [6, 6.07) is 9.75. The zero-order valence-corrected chi connectivity index (χ0v) is 14.8. The predicted molar refractivity (Wildman–Crippen MR) is 94.1 cm³/mol. The van der Waals surface area contributed by atoms with Crippen molar-refractivity contribution in [2.45, 2.75) is 65.5 Å². The Labute approximate surface area is 140 Å². The Kier molecular flexibility index (Phi) is 8.38. The highest BCUT2D eigenvalue weighted by Crippen LogP contribution is 2.09. The van der Waals surface area contributed by atoms with E-state index in [9.17, 15) is 9.59 Å². The summed E-state index contributed by atoms with van der Waals surface area (Å²) in [7, 11) is 0. The number of carbonyl (C=O) groups is 2. The topological polar surface area (TPSA) is 49.4 Å². The monoisotopic (exact) mass is 318 g/mol. The summed E-state index contributed by atoms with van der Waals surface area (Å²) in [6.45, 7) is 8.38. The predicted octanol–water partition coefficient (Wildman–Crippen LogP) is 3.16. The first-order chi connectivity index (χ1) is 11.0. The third-order valence-corrected chi connectivity index (χ3v) is 4.12. The Bertz CT molecular complexity index is 487. The van der Waals surface area contributed by atoms with Crippen molar-refractivity contribution in [3.63, 3.8) is 0 Å². The Morgan fingerprint density at radius 3 is 2.35 bits per heavy atom. The third kappa shape index (κ3) is 6.43. The van der Waals surface area contributed by atoms with Crippen molar-refractivity contribution < 1.29 is 9.59 Å². The van der Waals surface area contributed by atoms with E-state index in [-0.39, 0.29) is 17.9 Å². The molecule has 128 valence electrons. The van der Waals surface area contributed by atoms with Gasteiger partial charge in [-0.15, -0.1) is 0 Å². The first-order valence-electron chi connectivity index (χ1n) is 8.63. The SMILES string of the molecule is CCCC(=O)N(CCc1ccccc1)[C@@H](C)C(=O)N[C@H](C)CC. The summed E-state index contributed by atoms with van der Waals surface area (Å²) in [5.41, 5.74) is 1.18. The fourth-order valence-electron chi connectivity index (χ4n) is 2.39. The van der Waals surface area contributed by atoms with Crippen molar-refractivity contribution in [2.75, 3.05) is 6.54 Å². The van der Waals surface area contributed by atoms with Crippen LogP contribution in [0.1, 0.15) is 52.5 Å². The molecule has 0 fully saturated rings. The first-order valence-corrected chi connectivity index (χ1v) is 8.63. The molecule has 0 aliphatic carbocycles. The second-order valence-corrected chi connectivity index (χ2v) is 6.07. The molecule has 0 saturated heterocycles. The van der Waals surface area contributed by atoms with Gasteiger partial charge in [-0.3, -0.25) is 9.59 Å². The lowest BCUT2D eigenvalue weighted by molar-refractivity contribution is -0.140. The summed E-state index contributed by atoms with van der Waals surface area (Å²) in [5, 5.41) is 2.97. The summed E-state index contributed by atoms with van der Waals surface area (Å²) in [6.07, 6.45) is 2.92. The summed E-state index contributed by atoms with van der Waals surface area (Å²) >= 11 is 0. The molecule has 0 aliphatic rings. The van der Waals surface area contributed by atoms with Gasteiger partial charge in [-0.1, -0.05) is 44.2 Å². The van der Waals surface area contributed by atoms with Gasteiger partial charge in [0.05, 0.1) is 0 Å². The molecule has 0 aliphatic heterocycles. The molecule has 0 heterocycles. The fraction of sp³-hybridized carbons (Fsp3) is 0.579. The van der Waals surface area contributed by atoms with Crippen LogP contribution in [0.3, 0.4) is 0 Å². The van der Waals surface area contributed by atoms with Crippen molar-refractivity contribution in [3.8, 4) is 0 Å². The van der Waals surface area contributed by atoms with E-state index in [0.29, 0.717) is 13.0 Å². The van der Waals surface area contributed by atoms with Gasteiger partial charge in [0.25, 0.3) is 0 Å². The molecule has 0 bridgehead atoms. The molecule has 0 aromatic heterocycles. The van der Waals surface area contributed by atoms with Gasteiger partial charge in [0.2, 0.25) is 11.8 Å². The summed E-state index contributed by atoms with van der Waals surface area (Å²) in [5.74, 6) is -0.0212. The van der Waals surface area contributed by atoms with E-state index in [1.54, 1.807) is 4.90 Å². The zero-order valence-electron chi connectivity index (χ0n) is 14.8. The van der Waals surface area contributed by atoms with E-state index >= 15 is 0 Å².